The van der Waals surface area contributed by atoms with Gasteiger partial charge in [0.15, 0.2) is 5.75 Å². The van der Waals surface area contributed by atoms with E-state index in [2.05, 4.69) is 4.72 Å². The van der Waals surface area contributed by atoms with Crippen LogP contribution in [0, 0.1) is 0 Å². The van der Waals surface area contributed by atoms with Gasteiger partial charge in [-0.05, 0) is 69.3 Å². The van der Waals surface area contributed by atoms with Gasteiger partial charge in [0.1, 0.15) is 34.4 Å². The highest BCUT2D eigenvalue weighted by Gasteiger charge is 2.26. The van der Waals surface area contributed by atoms with Crippen LogP contribution in [-0.4, -0.2) is 53.9 Å². The van der Waals surface area contributed by atoms with Crippen LogP contribution in [0.25, 0.3) is 0 Å². The molecule has 0 aliphatic rings. The van der Waals surface area contributed by atoms with Gasteiger partial charge in [-0.2, -0.15) is 0 Å². The highest BCUT2D eigenvalue weighted by atomic mass is 35.5. The molecule has 0 aromatic heterocycles. The van der Waals surface area contributed by atoms with E-state index in [0.717, 1.165) is 4.90 Å². The van der Waals surface area contributed by atoms with Crippen molar-refractivity contribution in [2.75, 3.05) is 32.3 Å². The SMILES string of the molecule is CCOC(=O)CN(C(=O)Oc1ccc(OC)cc1)c1cc(Cl)c(Oc2ccc(OC)c(S(=O)(=O)NC(C)C)c2)c(Cl)c1. The zero-order valence-electron chi connectivity index (χ0n) is 23.5. The highest BCUT2D eigenvalue weighted by Crippen LogP contribution is 2.41. The number of carbonyl (C=O) groups is 2. The molecule has 0 bridgehead atoms. The fraction of sp³-hybridized carbons (Fsp3) is 0.286. The number of nitrogens with one attached hydrogen (secondary N) is 1. The van der Waals surface area contributed by atoms with Gasteiger partial charge in [0, 0.05) is 12.1 Å². The lowest BCUT2D eigenvalue weighted by Crippen LogP contribution is -2.38. The molecule has 0 fully saturated rings. The first kappa shape index (κ1) is 32.8. The molecule has 0 radical (unpaired) electrons. The average molecular weight is 642 g/mol. The third-order valence-corrected chi connectivity index (χ3v) is 7.65. The van der Waals surface area contributed by atoms with E-state index in [0.29, 0.717) is 5.75 Å². The highest BCUT2D eigenvalue weighted by molar-refractivity contribution is 7.89. The number of methoxy groups -OCH3 is 2. The normalized spacial score (nSPS) is 11.1. The van der Waals surface area contributed by atoms with E-state index < -0.39 is 28.6 Å². The maximum Gasteiger partial charge on any atom is 0.420 e. The fourth-order valence-electron chi connectivity index (χ4n) is 3.62. The second-order valence-electron chi connectivity index (χ2n) is 8.86. The molecule has 1 amide bonds. The Balaban J connectivity index is 1.95. The van der Waals surface area contributed by atoms with E-state index in [9.17, 15) is 18.0 Å². The van der Waals surface area contributed by atoms with Crippen LogP contribution in [0.15, 0.2) is 59.5 Å². The van der Waals surface area contributed by atoms with Gasteiger partial charge in [0.05, 0.1) is 36.6 Å². The van der Waals surface area contributed by atoms with Crippen LogP contribution >= 0.6 is 23.2 Å². The van der Waals surface area contributed by atoms with E-state index in [-0.39, 0.29) is 56.3 Å². The first-order valence-corrected chi connectivity index (χ1v) is 14.8. The summed E-state index contributed by atoms with van der Waals surface area (Å²) in [5.41, 5.74) is 0.114. The molecule has 11 nitrogen and oxygen atoms in total. The molecule has 226 valence electrons. The van der Waals surface area contributed by atoms with E-state index in [4.69, 9.17) is 46.9 Å². The number of amides is 1. The molecule has 1 N–H and O–H groups in total. The van der Waals surface area contributed by atoms with Crippen molar-refractivity contribution in [2.45, 2.75) is 31.7 Å². The molecule has 0 heterocycles. The minimum Gasteiger partial charge on any atom is -0.497 e. The number of sulfonamides is 1. The second-order valence-corrected chi connectivity index (χ2v) is 11.4. The van der Waals surface area contributed by atoms with Gasteiger partial charge in [0.25, 0.3) is 0 Å². The van der Waals surface area contributed by atoms with Gasteiger partial charge in [-0.15, -0.1) is 0 Å². The van der Waals surface area contributed by atoms with Crippen molar-refractivity contribution >= 4 is 51.0 Å². The van der Waals surface area contributed by atoms with E-state index in [1.165, 1.54) is 56.7 Å². The summed E-state index contributed by atoms with van der Waals surface area (Å²) in [6, 6.07) is 12.8. The predicted molar refractivity (Wildman–Crippen MR) is 158 cm³/mol. The van der Waals surface area contributed by atoms with Crippen molar-refractivity contribution in [1.29, 1.82) is 0 Å². The van der Waals surface area contributed by atoms with Gasteiger partial charge in [-0.1, -0.05) is 23.2 Å². The molecule has 0 aliphatic heterocycles. The van der Waals surface area contributed by atoms with Crippen LogP contribution in [0.1, 0.15) is 20.8 Å². The summed E-state index contributed by atoms with van der Waals surface area (Å²) in [4.78, 5) is 26.3. The van der Waals surface area contributed by atoms with Crippen LogP contribution < -0.4 is 28.6 Å². The number of anilines is 1. The first-order chi connectivity index (χ1) is 19.9. The number of carbonyl (C=O) groups excluding carboxylic acids is 2. The minimum atomic E-state index is -3.94. The molecular formula is C28H30Cl2N2O9S. The maximum absolute atomic E-state index is 13.1. The number of benzene rings is 3. The topological polar surface area (TPSA) is 130 Å². The van der Waals surface area contributed by atoms with Crippen molar-refractivity contribution in [1.82, 2.24) is 4.72 Å². The smallest absolute Gasteiger partial charge is 0.420 e. The van der Waals surface area contributed by atoms with E-state index >= 15 is 0 Å². The Labute approximate surface area is 254 Å². The molecule has 14 heteroatoms. The molecule has 0 atom stereocenters. The summed E-state index contributed by atoms with van der Waals surface area (Å²) in [6.07, 6.45) is -0.906. The number of nitrogens with zero attached hydrogens (tertiary/aromatic N) is 1. The Morgan fingerprint density at radius 2 is 1.50 bits per heavy atom. The molecule has 0 aliphatic carbocycles. The molecule has 0 saturated heterocycles. The third kappa shape index (κ3) is 8.41. The lowest BCUT2D eigenvalue weighted by molar-refractivity contribution is -0.141. The Morgan fingerprint density at radius 1 is 0.905 bits per heavy atom. The van der Waals surface area contributed by atoms with Gasteiger partial charge in [-0.3, -0.25) is 9.69 Å². The predicted octanol–water partition coefficient (Wildman–Crippen LogP) is 6.06. The third-order valence-electron chi connectivity index (χ3n) is 5.41. The zero-order chi connectivity index (χ0) is 31.0. The summed E-state index contributed by atoms with van der Waals surface area (Å²) in [6.45, 7) is 4.60. The summed E-state index contributed by atoms with van der Waals surface area (Å²) in [7, 11) is -1.09. The average Bonchev–Trinajstić information content (AvgIpc) is 2.93. The fourth-order valence-corrected chi connectivity index (χ4v) is 5.61. The Bertz CT molecular complexity index is 1510. The maximum atomic E-state index is 13.1. The minimum absolute atomic E-state index is 0.0213. The van der Waals surface area contributed by atoms with Crippen LogP contribution in [0.4, 0.5) is 10.5 Å². The molecule has 0 saturated carbocycles. The van der Waals surface area contributed by atoms with Crippen molar-refractivity contribution in [3.05, 3.63) is 64.6 Å². The summed E-state index contributed by atoms with van der Waals surface area (Å²) >= 11 is 13.0. The van der Waals surface area contributed by atoms with Gasteiger partial charge in [-0.25, -0.2) is 17.9 Å². The van der Waals surface area contributed by atoms with Crippen LogP contribution in [0.3, 0.4) is 0 Å². The van der Waals surface area contributed by atoms with Gasteiger partial charge < -0.3 is 23.7 Å². The standard InChI is InChI=1S/C28H30Cl2N2O9S/c1-6-39-26(33)16-32(28(34)41-20-9-7-19(37-4)8-10-20)18-13-22(29)27(23(30)14-18)40-21-11-12-24(38-5)25(15-21)42(35,36)31-17(2)3/h7-15,17,31H,6,16H2,1-5H3. The molecule has 0 unspecified atom stereocenters. The number of hydrogen-bond acceptors (Lipinski definition) is 9. The van der Waals surface area contributed by atoms with Crippen LogP contribution in [-0.2, 0) is 19.6 Å². The Hall–Kier alpha value is -3.71. The molecular weight excluding hydrogens is 611 g/mol. The van der Waals surface area contributed by atoms with Gasteiger partial charge in [0.2, 0.25) is 10.0 Å². The molecule has 3 aromatic rings. The lowest BCUT2D eigenvalue weighted by atomic mass is 10.2. The van der Waals surface area contributed by atoms with Crippen molar-refractivity contribution in [3.63, 3.8) is 0 Å². The Kier molecular flexibility index (Phi) is 11.3. The van der Waals surface area contributed by atoms with Crippen molar-refractivity contribution in [3.8, 4) is 28.7 Å². The number of hydrogen-bond donors (Lipinski definition) is 1. The lowest BCUT2D eigenvalue weighted by Gasteiger charge is -2.22. The number of rotatable bonds is 12. The first-order valence-electron chi connectivity index (χ1n) is 12.5. The summed E-state index contributed by atoms with van der Waals surface area (Å²) in [5.74, 6) is 0.242. The van der Waals surface area contributed by atoms with Crippen LogP contribution in [0.5, 0.6) is 28.7 Å². The van der Waals surface area contributed by atoms with E-state index in [1.807, 2.05) is 0 Å². The number of ether oxygens (including phenoxy) is 5. The van der Waals surface area contributed by atoms with Gasteiger partial charge >= 0.3 is 12.1 Å². The Morgan fingerprint density at radius 3 is 2.05 bits per heavy atom. The monoisotopic (exact) mass is 640 g/mol. The quantitative estimate of drug-likeness (QED) is 0.235. The second kappa shape index (κ2) is 14.5. The van der Waals surface area contributed by atoms with E-state index in [1.54, 1.807) is 32.9 Å². The molecule has 0 spiro atoms. The van der Waals surface area contributed by atoms with Crippen molar-refractivity contribution < 1.29 is 41.7 Å². The summed E-state index contributed by atoms with van der Waals surface area (Å²) in [5, 5.41) is -0.0757. The molecule has 42 heavy (non-hydrogen) atoms. The van der Waals surface area contributed by atoms with Crippen molar-refractivity contribution in [2.24, 2.45) is 0 Å². The largest absolute Gasteiger partial charge is 0.497 e. The number of halogens is 2. The summed E-state index contributed by atoms with van der Waals surface area (Å²) < 4.78 is 54.8. The zero-order valence-corrected chi connectivity index (χ0v) is 25.8. The number of esters is 1. The molecule has 3 aromatic carbocycles. The van der Waals surface area contributed by atoms with Crippen LogP contribution in [0.2, 0.25) is 10.0 Å². The molecule has 3 rings (SSSR count).